The SMILES string of the molecule is Cc1ccc(C2CC(C(=O)NC3CCN(c4cnccn4)CC3)NN2)s1. The van der Waals surface area contributed by atoms with Crippen molar-refractivity contribution in [1.29, 1.82) is 0 Å². The maximum Gasteiger partial charge on any atom is 0.238 e. The molecule has 2 aliphatic heterocycles. The predicted molar refractivity (Wildman–Crippen MR) is 102 cm³/mol. The van der Waals surface area contributed by atoms with Gasteiger partial charge in [0.1, 0.15) is 11.9 Å². The van der Waals surface area contributed by atoms with Gasteiger partial charge < -0.3 is 10.2 Å². The van der Waals surface area contributed by atoms with Gasteiger partial charge in [-0.15, -0.1) is 11.3 Å². The minimum atomic E-state index is -0.180. The summed E-state index contributed by atoms with van der Waals surface area (Å²) >= 11 is 1.78. The Morgan fingerprint density at radius 2 is 2.12 bits per heavy atom. The maximum absolute atomic E-state index is 12.6. The highest BCUT2D eigenvalue weighted by Crippen LogP contribution is 2.28. The largest absolute Gasteiger partial charge is 0.355 e. The molecule has 0 bridgehead atoms. The van der Waals surface area contributed by atoms with Crippen LogP contribution < -0.4 is 21.1 Å². The molecule has 2 unspecified atom stereocenters. The Balaban J connectivity index is 1.26. The van der Waals surface area contributed by atoms with Gasteiger partial charge in [0.05, 0.1) is 12.2 Å². The minimum absolute atomic E-state index is 0.0891. The van der Waals surface area contributed by atoms with Gasteiger partial charge >= 0.3 is 0 Å². The Hall–Kier alpha value is -2.03. The number of carbonyl (C=O) groups is 1. The van der Waals surface area contributed by atoms with Crippen LogP contribution in [0.15, 0.2) is 30.7 Å². The lowest BCUT2D eigenvalue weighted by atomic mass is 10.0. The van der Waals surface area contributed by atoms with E-state index in [4.69, 9.17) is 0 Å². The molecule has 26 heavy (non-hydrogen) atoms. The van der Waals surface area contributed by atoms with Gasteiger partial charge in [-0.3, -0.25) is 9.78 Å². The summed E-state index contributed by atoms with van der Waals surface area (Å²) in [4.78, 5) is 25.9. The Kier molecular flexibility index (Phi) is 5.14. The Bertz CT molecular complexity index is 743. The van der Waals surface area contributed by atoms with Gasteiger partial charge in [0.15, 0.2) is 0 Å². The fourth-order valence-electron chi connectivity index (χ4n) is 3.56. The van der Waals surface area contributed by atoms with Crippen LogP contribution in [0.3, 0.4) is 0 Å². The Morgan fingerprint density at radius 3 is 2.81 bits per heavy atom. The smallest absolute Gasteiger partial charge is 0.238 e. The van der Waals surface area contributed by atoms with Crippen molar-refractivity contribution in [2.24, 2.45) is 0 Å². The molecule has 2 atom stereocenters. The first-order valence-electron chi connectivity index (χ1n) is 9.08. The summed E-state index contributed by atoms with van der Waals surface area (Å²) in [5, 5.41) is 3.21. The summed E-state index contributed by atoms with van der Waals surface area (Å²) in [5.41, 5.74) is 6.41. The zero-order valence-electron chi connectivity index (χ0n) is 14.8. The standard InChI is InChI=1S/C18H24N6OS/c1-12-2-3-16(26-12)14-10-15(23-22-14)18(25)21-13-4-8-24(9-5-13)17-11-19-6-7-20-17/h2-3,6-7,11,13-15,22-23H,4-5,8-10H2,1H3,(H,21,25). The van der Waals surface area contributed by atoms with E-state index in [1.165, 1.54) is 9.75 Å². The van der Waals surface area contributed by atoms with E-state index in [-0.39, 0.29) is 24.0 Å². The highest BCUT2D eigenvalue weighted by Gasteiger charge is 2.32. The van der Waals surface area contributed by atoms with E-state index in [1.807, 2.05) is 0 Å². The van der Waals surface area contributed by atoms with Crippen LogP contribution >= 0.6 is 11.3 Å². The number of carbonyl (C=O) groups excluding carboxylic acids is 1. The summed E-state index contributed by atoms with van der Waals surface area (Å²) in [5.74, 6) is 0.999. The Labute approximate surface area is 157 Å². The van der Waals surface area contributed by atoms with Crippen LogP contribution in [-0.2, 0) is 4.79 Å². The molecule has 8 heteroatoms. The molecule has 0 aromatic carbocycles. The molecule has 1 amide bonds. The normalized spacial score (nSPS) is 24.0. The van der Waals surface area contributed by atoms with Crippen molar-refractivity contribution in [2.45, 2.75) is 44.3 Å². The molecule has 0 aliphatic carbocycles. The molecule has 0 spiro atoms. The van der Waals surface area contributed by atoms with Crippen molar-refractivity contribution < 1.29 is 4.79 Å². The average molecular weight is 372 g/mol. The van der Waals surface area contributed by atoms with Gasteiger partial charge in [0.2, 0.25) is 5.91 Å². The third-order valence-corrected chi connectivity index (χ3v) is 6.15. The summed E-state index contributed by atoms with van der Waals surface area (Å²) < 4.78 is 0. The fraction of sp³-hybridized carbons (Fsp3) is 0.500. The third kappa shape index (κ3) is 3.87. The first-order chi connectivity index (χ1) is 12.7. The highest BCUT2D eigenvalue weighted by molar-refractivity contribution is 7.12. The average Bonchev–Trinajstić information content (AvgIpc) is 3.32. The second kappa shape index (κ2) is 7.69. The predicted octanol–water partition coefficient (Wildman–Crippen LogP) is 1.54. The first kappa shape index (κ1) is 17.4. The third-order valence-electron chi connectivity index (χ3n) is 5.04. The molecule has 0 saturated carbocycles. The first-order valence-corrected chi connectivity index (χ1v) is 9.89. The monoisotopic (exact) mass is 372 g/mol. The van der Waals surface area contributed by atoms with Gasteiger partial charge in [-0.05, 0) is 38.3 Å². The number of thiophene rings is 1. The topological polar surface area (TPSA) is 82.2 Å². The number of nitrogens with one attached hydrogen (secondary N) is 3. The quantitative estimate of drug-likeness (QED) is 0.755. The molecule has 2 aromatic heterocycles. The van der Waals surface area contributed by atoms with E-state index in [0.29, 0.717) is 0 Å². The number of hydrazine groups is 1. The number of hydrogen-bond acceptors (Lipinski definition) is 7. The molecule has 4 heterocycles. The minimum Gasteiger partial charge on any atom is -0.355 e. The number of nitrogens with zero attached hydrogens (tertiary/aromatic N) is 3. The number of amides is 1. The zero-order valence-corrected chi connectivity index (χ0v) is 15.6. The van der Waals surface area contributed by atoms with Gasteiger partial charge in [0, 0.05) is 41.3 Å². The summed E-state index contributed by atoms with van der Waals surface area (Å²) in [6.07, 6.45) is 7.83. The van der Waals surface area contributed by atoms with E-state index in [1.54, 1.807) is 29.9 Å². The lowest BCUT2D eigenvalue weighted by Gasteiger charge is -2.33. The molecule has 0 radical (unpaired) electrons. The second-order valence-electron chi connectivity index (χ2n) is 6.91. The number of hydrogen-bond donors (Lipinski definition) is 3. The molecule has 3 N–H and O–H groups in total. The molecule has 2 aliphatic rings. The Morgan fingerprint density at radius 1 is 1.27 bits per heavy atom. The van der Waals surface area contributed by atoms with E-state index in [9.17, 15) is 4.79 Å². The number of piperidine rings is 1. The van der Waals surface area contributed by atoms with Crippen LogP contribution in [0.2, 0.25) is 0 Å². The number of aromatic nitrogens is 2. The number of aryl methyl sites for hydroxylation is 1. The van der Waals surface area contributed by atoms with Gasteiger partial charge in [-0.1, -0.05) is 0 Å². The van der Waals surface area contributed by atoms with E-state index in [0.717, 1.165) is 38.2 Å². The summed E-state index contributed by atoms with van der Waals surface area (Å²) in [6.45, 7) is 3.88. The van der Waals surface area contributed by atoms with E-state index in [2.05, 4.69) is 50.1 Å². The van der Waals surface area contributed by atoms with Crippen molar-refractivity contribution in [1.82, 2.24) is 26.1 Å². The summed E-state index contributed by atoms with van der Waals surface area (Å²) in [7, 11) is 0. The van der Waals surface area contributed by atoms with Gasteiger partial charge in [-0.25, -0.2) is 15.8 Å². The zero-order chi connectivity index (χ0) is 17.9. The molecule has 4 rings (SSSR count). The van der Waals surface area contributed by atoms with Crippen LogP contribution in [0.25, 0.3) is 0 Å². The number of rotatable bonds is 4. The van der Waals surface area contributed by atoms with Gasteiger partial charge in [-0.2, -0.15) is 0 Å². The molecular weight excluding hydrogens is 348 g/mol. The van der Waals surface area contributed by atoms with Crippen molar-refractivity contribution in [2.75, 3.05) is 18.0 Å². The van der Waals surface area contributed by atoms with Crippen LogP contribution in [-0.4, -0.2) is 41.0 Å². The van der Waals surface area contributed by atoms with Gasteiger partial charge in [0.25, 0.3) is 0 Å². The van der Waals surface area contributed by atoms with Crippen molar-refractivity contribution in [3.05, 3.63) is 40.5 Å². The lowest BCUT2D eigenvalue weighted by Crippen LogP contribution is -2.50. The van der Waals surface area contributed by atoms with Crippen LogP contribution in [0, 0.1) is 6.92 Å². The van der Waals surface area contributed by atoms with Crippen molar-refractivity contribution >= 4 is 23.1 Å². The fourth-order valence-corrected chi connectivity index (χ4v) is 4.51. The summed E-state index contributed by atoms with van der Waals surface area (Å²) in [6, 6.07) is 4.52. The molecule has 2 fully saturated rings. The van der Waals surface area contributed by atoms with E-state index >= 15 is 0 Å². The van der Waals surface area contributed by atoms with Crippen LogP contribution in [0.4, 0.5) is 5.82 Å². The molecule has 138 valence electrons. The van der Waals surface area contributed by atoms with E-state index < -0.39 is 0 Å². The number of anilines is 1. The highest BCUT2D eigenvalue weighted by atomic mass is 32.1. The molecule has 2 aromatic rings. The molecule has 2 saturated heterocycles. The molecular formula is C18H24N6OS. The van der Waals surface area contributed by atoms with Crippen LogP contribution in [0.5, 0.6) is 0 Å². The lowest BCUT2D eigenvalue weighted by molar-refractivity contribution is -0.123. The van der Waals surface area contributed by atoms with Crippen molar-refractivity contribution in [3.8, 4) is 0 Å². The van der Waals surface area contributed by atoms with Crippen LogP contribution in [0.1, 0.15) is 35.1 Å². The van der Waals surface area contributed by atoms with Crippen molar-refractivity contribution in [3.63, 3.8) is 0 Å². The molecule has 7 nitrogen and oxygen atoms in total. The maximum atomic E-state index is 12.6. The second-order valence-corrected chi connectivity index (χ2v) is 8.23.